The molecule has 0 aromatic heterocycles. The summed E-state index contributed by atoms with van der Waals surface area (Å²) in [5, 5.41) is 31.9. The smallest absolute Gasteiger partial charge is 0.850 e. The summed E-state index contributed by atoms with van der Waals surface area (Å²) in [4.78, 5) is 0. The number of hydrogen-bond donors (Lipinski definition) is 0. The molecule has 0 N–H and O–H groups in total. The van der Waals surface area contributed by atoms with Crippen molar-refractivity contribution in [3.63, 3.8) is 0 Å². The van der Waals surface area contributed by atoms with E-state index in [0.717, 1.165) is 0 Å². The molecule has 182 valence electrons. The fourth-order valence-electron chi connectivity index (χ4n) is 2.45. The van der Waals surface area contributed by atoms with Crippen molar-refractivity contribution in [2.75, 3.05) is 0 Å². The van der Waals surface area contributed by atoms with Crippen molar-refractivity contribution in [1.82, 2.24) is 0 Å². The average molecular weight is 611 g/mol. The van der Waals surface area contributed by atoms with Gasteiger partial charge in [-0.05, 0) is 19.3 Å². The van der Waals surface area contributed by atoms with Crippen LogP contribution in [0.1, 0.15) is 95.4 Å². The normalized spacial score (nSPS) is 14.8. The quantitative estimate of drug-likeness (QED) is 0.235. The summed E-state index contributed by atoms with van der Waals surface area (Å²) in [6, 6.07) is 0. The van der Waals surface area contributed by atoms with Gasteiger partial charge in [-0.1, -0.05) is 92.9 Å². The maximum absolute atomic E-state index is 10.6. The van der Waals surface area contributed by atoms with Crippen LogP contribution in [-0.4, -0.2) is 16.8 Å². The fraction of sp³-hybridized carbons (Fsp3) is 0.643. The minimum atomic E-state index is -0.818. The standard InChI is InChI=1S/C10H15.3C6H11O.Hf/c1-7-6-10(4,5)9(3)8(7)2;3*1-4-5-6(2,3)7;/h1-5H3;3*4H,1,5H2,2-3H3;/q4*-1;+4. The van der Waals surface area contributed by atoms with E-state index in [1.54, 1.807) is 59.8 Å². The SMILES string of the molecule is C=CCC(C)(C)[O-].C=CCC(C)(C)[O-].C=CCC(C)(C)[O-].CC1=[C-]C(C)(C)C(C)=C1C.[Hf+4]. The minimum absolute atomic E-state index is 0. The molecule has 0 atom stereocenters. The van der Waals surface area contributed by atoms with Gasteiger partial charge in [0.15, 0.2) is 0 Å². The van der Waals surface area contributed by atoms with Crippen LogP contribution in [-0.2, 0) is 25.8 Å². The molecule has 1 aliphatic rings. The van der Waals surface area contributed by atoms with Crippen molar-refractivity contribution in [3.8, 4) is 0 Å². The molecule has 0 spiro atoms. The van der Waals surface area contributed by atoms with Gasteiger partial charge in [0.1, 0.15) is 0 Å². The third-order valence-electron chi connectivity index (χ3n) is 4.47. The monoisotopic (exact) mass is 612 g/mol. The zero-order chi connectivity index (χ0) is 25.7. The Kier molecular flexibility index (Phi) is 20.5. The number of hydrogen-bond acceptors (Lipinski definition) is 3. The van der Waals surface area contributed by atoms with E-state index < -0.39 is 16.8 Å². The van der Waals surface area contributed by atoms with Gasteiger partial charge < -0.3 is 15.3 Å². The first-order chi connectivity index (χ1) is 13.6. The van der Waals surface area contributed by atoms with E-state index in [4.69, 9.17) is 0 Å². The average Bonchev–Trinajstić information content (AvgIpc) is 2.67. The van der Waals surface area contributed by atoms with Crippen molar-refractivity contribution in [2.24, 2.45) is 5.41 Å². The molecule has 0 aromatic carbocycles. The van der Waals surface area contributed by atoms with E-state index in [2.05, 4.69) is 60.4 Å². The summed E-state index contributed by atoms with van der Waals surface area (Å²) in [6.07, 6.45) is 10.0. The molecule has 32 heavy (non-hydrogen) atoms. The van der Waals surface area contributed by atoms with Gasteiger partial charge >= 0.3 is 25.8 Å². The molecule has 1 aliphatic carbocycles. The third-order valence-corrected chi connectivity index (χ3v) is 4.47. The van der Waals surface area contributed by atoms with Gasteiger partial charge in [0.05, 0.1) is 0 Å². The van der Waals surface area contributed by atoms with Crippen LogP contribution in [0.25, 0.3) is 0 Å². The second kappa shape index (κ2) is 17.0. The van der Waals surface area contributed by atoms with E-state index in [9.17, 15) is 15.3 Å². The molecule has 0 aromatic rings. The van der Waals surface area contributed by atoms with Gasteiger partial charge in [-0.2, -0.15) is 11.1 Å². The molecular weight excluding hydrogens is 563 g/mol. The van der Waals surface area contributed by atoms with Crippen molar-refractivity contribution in [1.29, 1.82) is 0 Å². The molecule has 0 aliphatic heterocycles. The summed E-state index contributed by atoms with van der Waals surface area (Å²) in [5.74, 6) is 0. The predicted octanol–water partition coefficient (Wildman–Crippen LogP) is 5.21. The molecule has 0 saturated heterocycles. The van der Waals surface area contributed by atoms with Crippen molar-refractivity contribution in [3.05, 3.63) is 60.8 Å². The van der Waals surface area contributed by atoms with Crippen molar-refractivity contribution in [2.45, 2.75) is 112 Å². The van der Waals surface area contributed by atoms with E-state index >= 15 is 0 Å². The molecule has 1 rings (SSSR count). The van der Waals surface area contributed by atoms with Crippen LogP contribution in [0.3, 0.4) is 0 Å². The van der Waals surface area contributed by atoms with Gasteiger partial charge in [0, 0.05) is 0 Å². The van der Waals surface area contributed by atoms with Gasteiger partial charge in [0.2, 0.25) is 0 Å². The maximum Gasteiger partial charge on any atom is 4.00 e. The van der Waals surface area contributed by atoms with E-state index in [0.29, 0.717) is 19.3 Å². The Morgan fingerprint density at radius 1 is 0.719 bits per heavy atom. The Balaban J connectivity index is -0.000000164. The molecule has 3 nitrogen and oxygen atoms in total. The van der Waals surface area contributed by atoms with Gasteiger partial charge in [-0.15, -0.1) is 43.5 Å². The second-order valence-electron chi connectivity index (χ2n) is 10.4. The summed E-state index contributed by atoms with van der Waals surface area (Å²) in [7, 11) is 0. The van der Waals surface area contributed by atoms with E-state index in [1.807, 2.05) is 0 Å². The topological polar surface area (TPSA) is 69.2 Å². The van der Waals surface area contributed by atoms with Crippen LogP contribution in [0.15, 0.2) is 54.7 Å². The second-order valence-corrected chi connectivity index (χ2v) is 10.4. The molecule has 0 bridgehead atoms. The van der Waals surface area contributed by atoms with Gasteiger partial charge in [-0.25, -0.2) is 5.57 Å². The van der Waals surface area contributed by atoms with Crippen molar-refractivity contribution >= 4 is 0 Å². The van der Waals surface area contributed by atoms with E-state index in [1.165, 1.54) is 16.7 Å². The zero-order valence-corrected chi connectivity index (χ0v) is 26.3. The molecule has 4 heteroatoms. The van der Waals surface area contributed by atoms with Crippen LogP contribution in [0.4, 0.5) is 0 Å². The Labute approximate surface area is 218 Å². The summed E-state index contributed by atoms with van der Waals surface area (Å²) in [6.45, 7) is 31.1. The summed E-state index contributed by atoms with van der Waals surface area (Å²) < 4.78 is 0. The molecule has 0 fully saturated rings. The van der Waals surface area contributed by atoms with Crippen LogP contribution < -0.4 is 15.3 Å². The first kappa shape index (κ1) is 38.7. The first-order valence-corrected chi connectivity index (χ1v) is 10.9. The zero-order valence-electron chi connectivity index (χ0n) is 22.7. The number of allylic oxidation sites excluding steroid dienone is 4. The Morgan fingerprint density at radius 2 is 0.969 bits per heavy atom. The van der Waals surface area contributed by atoms with Crippen molar-refractivity contribution < 1.29 is 41.2 Å². The molecule has 0 amide bonds. The molecule has 0 unspecified atom stereocenters. The minimum Gasteiger partial charge on any atom is -0.850 e. The largest absolute Gasteiger partial charge is 4.00 e. The van der Waals surface area contributed by atoms with Crippen LogP contribution in [0.5, 0.6) is 0 Å². The summed E-state index contributed by atoms with van der Waals surface area (Å²) >= 11 is 0. The summed E-state index contributed by atoms with van der Waals surface area (Å²) in [5.41, 5.74) is 1.94. The van der Waals surface area contributed by atoms with Crippen LogP contribution in [0.2, 0.25) is 0 Å². The van der Waals surface area contributed by atoms with Gasteiger partial charge in [-0.3, -0.25) is 6.08 Å². The molecular formula is C28H48HfO3. The Bertz CT molecular complexity index is 557. The van der Waals surface area contributed by atoms with Gasteiger partial charge in [0.25, 0.3) is 0 Å². The molecule has 0 radical (unpaired) electrons. The predicted molar refractivity (Wildman–Crippen MR) is 131 cm³/mol. The molecule has 0 saturated carbocycles. The first-order valence-electron chi connectivity index (χ1n) is 10.9. The van der Waals surface area contributed by atoms with Crippen LogP contribution >= 0.6 is 0 Å². The molecule has 0 heterocycles. The Morgan fingerprint density at radius 3 is 1.00 bits per heavy atom. The third kappa shape index (κ3) is 25.7. The van der Waals surface area contributed by atoms with Crippen LogP contribution in [0, 0.1) is 11.5 Å². The Hall–Kier alpha value is -0.550. The number of rotatable bonds is 6. The fourth-order valence-corrected chi connectivity index (χ4v) is 2.45. The maximum atomic E-state index is 10.6. The van der Waals surface area contributed by atoms with E-state index in [-0.39, 0.29) is 31.3 Å².